The molecule has 0 unspecified atom stereocenters. The standard InChI is InChI=1S/C14H14BrNOS/c15-12-6-1-2-7-14(12)18-11-5-3-4-10(8-11)13(16)9-17/h1-8,13,17H,9,16H2/t13-/m1/s1. The van der Waals surface area contributed by atoms with Gasteiger partial charge in [-0.1, -0.05) is 36.0 Å². The third kappa shape index (κ3) is 3.36. The average molecular weight is 324 g/mol. The van der Waals surface area contributed by atoms with Gasteiger partial charge in [0.1, 0.15) is 0 Å². The molecule has 0 heterocycles. The first-order chi connectivity index (χ1) is 8.70. The fraction of sp³-hybridized carbons (Fsp3) is 0.143. The molecule has 0 aliphatic rings. The molecule has 2 aromatic carbocycles. The number of nitrogens with two attached hydrogens (primary N) is 1. The Morgan fingerprint density at radius 3 is 2.67 bits per heavy atom. The predicted molar refractivity (Wildman–Crippen MR) is 78.7 cm³/mol. The molecule has 4 heteroatoms. The van der Waals surface area contributed by atoms with Crippen LogP contribution in [0.25, 0.3) is 0 Å². The highest BCUT2D eigenvalue weighted by molar-refractivity contribution is 9.10. The Hall–Kier alpha value is -0.810. The Balaban J connectivity index is 2.22. The van der Waals surface area contributed by atoms with Crippen molar-refractivity contribution in [2.24, 2.45) is 5.73 Å². The van der Waals surface area contributed by atoms with Crippen LogP contribution in [0.2, 0.25) is 0 Å². The molecule has 2 nitrogen and oxygen atoms in total. The second kappa shape index (κ2) is 6.38. The Kier molecular flexibility index (Phi) is 4.83. The SMILES string of the molecule is N[C@H](CO)c1cccc(Sc2ccccc2Br)c1. The Morgan fingerprint density at radius 2 is 1.94 bits per heavy atom. The number of rotatable bonds is 4. The summed E-state index contributed by atoms with van der Waals surface area (Å²) in [4.78, 5) is 2.27. The van der Waals surface area contributed by atoms with Crippen molar-refractivity contribution in [2.45, 2.75) is 15.8 Å². The van der Waals surface area contributed by atoms with E-state index >= 15 is 0 Å². The number of hydrogen-bond donors (Lipinski definition) is 2. The maximum atomic E-state index is 9.07. The van der Waals surface area contributed by atoms with Gasteiger partial charge in [0.05, 0.1) is 12.6 Å². The third-order valence-corrected chi connectivity index (χ3v) is 4.57. The molecular weight excluding hydrogens is 310 g/mol. The number of benzene rings is 2. The molecule has 0 bridgehead atoms. The van der Waals surface area contributed by atoms with Gasteiger partial charge < -0.3 is 10.8 Å². The largest absolute Gasteiger partial charge is 0.394 e. The summed E-state index contributed by atoms with van der Waals surface area (Å²) in [5.74, 6) is 0. The zero-order valence-electron chi connectivity index (χ0n) is 9.71. The molecule has 0 fully saturated rings. The summed E-state index contributed by atoms with van der Waals surface area (Å²) in [6, 6.07) is 15.7. The van der Waals surface area contributed by atoms with Gasteiger partial charge in [-0.2, -0.15) is 0 Å². The summed E-state index contributed by atoms with van der Waals surface area (Å²) in [5, 5.41) is 9.07. The number of aliphatic hydroxyl groups excluding tert-OH is 1. The first-order valence-corrected chi connectivity index (χ1v) is 7.20. The molecule has 0 radical (unpaired) electrons. The minimum Gasteiger partial charge on any atom is -0.394 e. The molecule has 0 saturated carbocycles. The quantitative estimate of drug-likeness (QED) is 0.903. The van der Waals surface area contributed by atoms with Crippen molar-refractivity contribution in [1.82, 2.24) is 0 Å². The molecule has 3 N–H and O–H groups in total. The smallest absolute Gasteiger partial charge is 0.0624 e. The molecule has 0 aromatic heterocycles. The van der Waals surface area contributed by atoms with Gasteiger partial charge in [-0.3, -0.25) is 0 Å². The van der Waals surface area contributed by atoms with Crippen molar-refractivity contribution >= 4 is 27.7 Å². The summed E-state index contributed by atoms with van der Waals surface area (Å²) in [6.45, 7) is -0.0385. The van der Waals surface area contributed by atoms with Gasteiger partial charge >= 0.3 is 0 Å². The molecule has 2 aromatic rings. The van der Waals surface area contributed by atoms with E-state index in [2.05, 4.69) is 22.0 Å². The van der Waals surface area contributed by atoms with Gasteiger partial charge in [0.2, 0.25) is 0 Å². The summed E-state index contributed by atoms with van der Waals surface area (Å²) in [5.41, 5.74) is 6.77. The van der Waals surface area contributed by atoms with Gasteiger partial charge in [0, 0.05) is 14.3 Å². The lowest BCUT2D eigenvalue weighted by Crippen LogP contribution is -2.14. The fourth-order valence-corrected chi connectivity index (χ4v) is 3.00. The van der Waals surface area contributed by atoms with Crippen LogP contribution in [-0.2, 0) is 0 Å². The van der Waals surface area contributed by atoms with Crippen LogP contribution in [0.15, 0.2) is 62.8 Å². The summed E-state index contributed by atoms with van der Waals surface area (Å²) < 4.78 is 1.08. The highest BCUT2D eigenvalue weighted by Crippen LogP contribution is 2.33. The summed E-state index contributed by atoms with van der Waals surface area (Å²) >= 11 is 5.20. The predicted octanol–water partition coefficient (Wildman–Crippen LogP) is 3.59. The zero-order chi connectivity index (χ0) is 13.0. The van der Waals surface area contributed by atoms with E-state index in [1.54, 1.807) is 11.8 Å². The van der Waals surface area contributed by atoms with Gasteiger partial charge in [0.15, 0.2) is 0 Å². The van der Waals surface area contributed by atoms with Crippen LogP contribution in [0.5, 0.6) is 0 Å². The summed E-state index contributed by atoms with van der Waals surface area (Å²) in [7, 11) is 0. The van der Waals surface area contributed by atoms with Crippen LogP contribution < -0.4 is 5.73 Å². The monoisotopic (exact) mass is 323 g/mol. The maximum Gasteiger partial charge on any atom is 0.0624 e. The molecule has 0 amide bonds. The Labute approximate surface area is 119 Å². The molecule has 18 heavy (non-hydrogen) atoms. The molecule has 0 aliphatic heterocycles. The van der Waals surface area contributed by atoms with E-state index in [-0.39, 0.29) is 12.6 Å². The van der Waals surface area contributed by atoms with Crippen LogP contribution in [0, 0.1) is 0 Å². The summed E-state index contributed by atoms with van der Waals surface area (Å²) in [6.07, 6.45) is 0. The van der Waals surface area contributed by atoms with E-state index in [1.165, 1.54) is 0 Å². The van der Waals surface area contributed by atoms with Crippen molar-refractivity contribution in [2.75, 3.05) is 6.61 Å². The van der Waals surface area contributed by atoms with Crippen molar-refractivity contribution in [3.8, 4) is 0 Å². The Bertz CT molecular complexity index is 533. The van der Waals surface area contributed by atoms with E-state index in [4.69, 9.17) is 10.8 Å². The van der Waals surface area contributed by atoms with Gasteiger partial charge in [-0.05, 0) is 45.8 Å². The Morgan fingerprint density at radius 1 is 1.17 bits per heavy atom. The topological polar surface area (TPSA) is 46.2 Å². The maximum absolute atomic E-state index is 9.07. The van der Waals surface area contributed by atoms with Crippen LogP contribution in [0.3, 0.4) is 0 Å². The number of aliphatic hydroxyl groups is 1. The first-order valence-electron chi connectivity index (χ1n) is 5.59. The third-order valence-electron chi connectivity index (χ3n) is 2.55. The minimum absolute atomic E-state index is 0.0385. The van der Waals surface area contributed by atoms with E-state index in [1.807, 2.05) is 42.5 Å². The molecule has 1 atom stereocenters. The lowest BCUT2D eigenvalue weighted by atomic mass is 10.1. The number of halogens is 1. The van der Waals surface area contributed by atoms with Crippen LogP contribution >= 0.6 is 27.7 Å². The molecule has 0 aliphatic carbocycles. The lowest BCUT2D eigenvalue weighted by Gasteiger charge is -2.10. The second-order valence-electron chi connectivity index (χ2n) is 3.89. The van der Waals surface area contributed by atoms with Crippen molar-refractivity contribution in [3.05, 3.63) is 58.6 Å². The van der Waals surface area contributed by atoms with Crippen LogP contribution in [0.4, 0.5) is 0 Å². The fourth-order valence-electron chi connectivity index (χ4n) is 1.57. The van der Waals surface area contributed by atoms with E-state index < -0.39 is 0 Å². The van der Waals surface area contributed by atoms with Gasteiger partial charge in [-0.15, -0.1) is 0 Å². The van der Waals surface area contributed by atoms with Crippen molar-refractivity contribution in [3.63, 3.8) is 0 Å². The molecule has 94 valence electrons. The number of hydrogen-bond acceptors (Lipinski definition) is 3. The van der Waals surface area contributed by atoms with Gasteiger partial charge in [-0.25, -0.2) is 0 Å². The van der Waals surface area contributed by atoms with E-state index in [9.17, 15) is 0 Å². The van der Waals surface area contributed by atoms with Crippen molar-refractivity contribution < 1.29 is 5.11 Å². The average Bonchev–Trinajstić information content (AvgIpc) is 2.41. The molecule has 0 saturated heterocycles. The lowest BCUT2D eigenvalue weighted by molar-refractivity contribution is 0.268. The van der Waals surface area contributed by atoms with E-state index in [0.717, 1.165) is 19.8 Å². The molecular formula is C14H14BrNOS. The van der Waals surface area contributed by atoms with Gasteiger partial charge in [0.25, 0.3) is 0 Å². The minimum atomic E-state index is -0.315. The zero-order valence-corrected chi connectivity index (χ0v) is 12.1. The molecule has 0 spiro atoms. The highest BCUT2D eigenvalue weighted by atomic mass is 79.9. The van der Waals surface area contributed by atoms with Crippen LogP contribution in [-0.4, -0.2) is 11.7 Å². The first kappa shape index (κ1) is 13.6. The highest BCUT2D eigenvalue weighted by Gasteiger charge is 2.06. The normalized spacial score (nSPS) is 12.4. The van der Waals surface area contributed by atoms with Crippen molar-refractivity contribution in [1.29, 1.82) is 0 Å². The molecule has 2 rings (SSSR count). The van der Waals surface area contributed by atoms with Crippen LogP contribution in [0.1, 0.15) is 11.6 Å². The second-order valence-corrected chi connectivity index (χ2v) is 5.86. The van der Waals surface area contributed by atoms with E-state index in [0.29, 0.717) is 0 Å².